The highest BCUT2D eigenvalue weighted by Crippen LogP contribution is 2.45. The molecule has 0 heterocycles. The summed E-state index contributed by atoms with van der Waals surface area (Å²) in [6.07, 6.45) is 72.0. The quantitative estimate of drug-likeness (QED) is 0.0222. The van der Waals surface area contributed by atoms with Gasteiger partial charge in [-0.25, -0.2) is 9.13 Å². The fourth-order valence-corrected chi connectivity index (χ4v) is 15.6. The van der Waals surface area contributed by atoms with E-state index in [0.717, 1.165) is 108 Å². The highest BCUT2D eigenvalue weighted by Gasteiger charge is 2.31. The summed E-state index contributed by atoms with van der Waals surface area (Å²) >= 11 is 0. The summed E-state index contributed by atoms with van der Waals surface area (Å²) in [7, 11) is -9.93. The normalized spacial score (nSPS) is 14.3. The van der Waals surface area contributed by atoms with Crippen molar-refractivity contribution in [3.05, 3.63) is 0 Å². The molecule has 0 amide bonds. The Morgan fingerprint density at radius 3 is 0.697 bits per heavy atom. The van der Waals surface area contributed by atoms with Crippen molar-refractivity contribution < 1.29 is 80.2 Å². The second-order valence-corrected chi connectivity index (χ2v) is 36.2. The van der Waals surface area contributed by atoms with Gasteiger partial charge < -0.3 is 33.8 Å². The average Bonchev–Trinajstić information content (AvgIpc) is 0.888. The van der Waals surface area contributed by atoms with Crippen LogP contribution >= 0.6 is 15.6 Å². The molecule has 0 aliphatic carbocycles. The van der Waals surface area contributed by atoms with Crippen molar-refractivity contribution in [3.8, 4) is 0 Å². The molecule has 4 unspecified atom stereocenters. The van der Waals surface area contributed by atoms with Gasteiger partial charge >= 0.3 is 39.5 Å². The summed E-state index contributed by atoms with van der Waals surface area (Å²) in [5, 5.41) is 10.7. The van der Waals surface area contributed by atoms with Gasteiger partial charge in [0.1, 0.15) is 19.3 Å². The Hall–Kier alpha value is -1.94. The number of ether oxygens (including phenoxy) is 4. The zero-order valence-electron chi connectivity index (χ0n) is 72.0. The van der Waals surface area contributed by atoms with Gasteiger partial charge in [0.15, 0.2) is 12.2 Å². The van der Waals surface area contributed by atoms with Crippen LogP contribution in [0.2, 0.25) is 0 Å². The van der Waals surface area contributed by atoms with Gasteiger partial charge in [-0.05, 0) is 43.4 Å². The van der Waals surface area contributed by atoms with Gasteiger partial charge in [0, 0.05) is 25.7 Å². The molecule has 109 heavy (non-hydrogen) atoms. The van der Waals surface area contributed by atoms with Gasteiger partial charge in [0.05, 0.1) is 26.4 Å². The molecule has 0 spiro atoms. The Morgan fingerprint density at radius 1 is 0.266 bits per heavy atom. The lowest BCUT2D eigenvalue weighted by Gasteiger charge is -2.21. The SMILES string of the molecule is CCCCCCCCCCCCCC(=O)OC[C@H](COP(=O)(O)OC[C@H](O)COP(=O)(O)OC[C@@H](COC(=O)CCCCCCCCCCCCCCCCCC(C)C)OC(=O)CCCCCCCCCCCCCCCCCCCCC(C)CC)OC(=O)CCCCCCCCCCCCCCCCC(C)CC. The van der Waals surface area contributed by atoms with Crippen LogP contribution in [-0.2, 0) is 65.4 Å². The predicted octanol–water partition coefficient (Wildman–Crippen LogP) is 27.6. The molecule has 7 atom stereocenters. The second kappa shape index (κ2) is 79.9. The lowest BCUT2D eigenvalue weighted by Crippen LogP contribution is -2.30. The van der Waals surface area contributed by atoms with E-state index in [4.69, 9.17) is 37.0 Å². The van der Waals surface area contributed by atoms with E-state index in [1.165, 1.54) is 289 Å². The minimum atomic E-state index is -4.97. The summed E-state index contributed by atoms with van der Waals surface area (Å²) in [6, 6.07) is 0. The number of carbonyl (C=O) groups is 4. The van der Waals surface area contributed by atoms with Crippen LogP contribution in [0, 0.1) is 17.8 Å². The van der Waals surface area contributed by atoms with Crippen molar-refractivity contribution in [1.82, 2.24) is 0 Å². The van der Waals surface area contributed by atoms with Crippen LogP contribution in [0.25, 0.3) is 0 Å². The third-order valence-corrected chi connectivity index (χ3v) is 23.8. The number of hydrogen-bond acceptors (Lipinski definition) is 15. The molecule has 17 nitrogen and oxygen atoms in total. The Balaban J connectivity index is 5.24. The number of hydrogen-bond donors (Lipinski definition) is 3. The highest BCUT2D eigenvalue weighted by atomic mass is 31.2. The van der Waals surface area contributed by atoms with E-state index in [2.05, 4.69) is 48.5 Å². The Kier molecular flexibility index (Phi) is 78.5. The zero-order valence-corrected chi connectivity index (χ0v) is 73.8. The monoisotopic (exact) mass is 1590 g/mol. The molecule has 0 saturated carbocycles. The molecule has 0 bridgehead atoms. The van der Waals surface area contributed by atoms with Crippen LogP contribution in [-0.4, -0.2) is 96.7 Å². The fourth-order valence-electron chi connectivity index (χ4n) is 14.0. The van der Waals surface area contributed by atoms with Crippen LogP contribution in [0.5, 0.6) is 0 Å². The maximum absolute atomic E-state index is 13.2. The van der Waals surface area contributed by atoms with Gasteiger partial charge in [-0.3, -0.25) is 37.3 Å². The van der Waals surface area contributed by atoms with Crippen LogP contribution in [0.1, 0.15) is 479 Å². The smallest absolute Gasteiger partial charge is 0.462 e. The molecule has 3 N–H and O–H groups in total. The largest absolute Gasteiger partial charge is 0.472 e. The number of unbranched alkanes of at least 4 members (excludes halogenated alkanes) is 54. The molecule has 648 valence electrons. The van der Waals surface area contributed by atoms with Gasteiger partial charge in [0.2, 0.25) is 0 Å². The van der Waals surface area contributed by atoms with E-state index in [1.54, 1.807) is 0 Å². The summed E-state index contributed by atoms with van der Waals surface area (Å²) in [5.74, 6) is 0.425. The van der Waals surface area contributed by atoms with Crippen molar-refractivity contribution in [2.24, 2.45) is 17.8 Å². The number of carbonyl (C=O) groups excluding carboxylic acids is 4. The molecule has 0 saturated heterocycles. The van der Waals surface area contributed by atoms with Crippen LogP contribution in [0.15, 0.2) is 0 Å². The predicted molar refractivity (Wildman–Crippen MR) is 451 cm³/mol. The molecule has 0 radical (unpaired) electrons. The lowest BCUT2D eigenvalue weighted by atomic mass is 9.99. The van der Waals surface area contributed by atoms with Gasteiger partial charge in [0.25, 0.3) is 0 Å². The summed E-state index contributed by atoms with van der Waals surface area (Å²) < 4.78 is 69.0. The molecule has 0 aromatic heterocycles. The molecule has 0 fully saturated rings. The van der Waals surface area contributed by atoms with Crippen LogP contribution < -0.4 is 0 Å². The molecule has 0 rings (SSSR count). The van der Waals surface area contributed by atoms with Crippen molar-refractivity contribution in [2.45, 2.75) is 497 Å². The van der Waals surface area contributed by atoms with Gasteiger partial charge in [-0.2, -0.15) is 0 Å². The molecular formula is C90H176O17P2. The van der Waals surface area contributed by atoms with Crippen molar-refractivity contribution >= 4 is 39.5 Å². The number of aliphatic hydroxyl groups is 1. The first-order valence-corrected chi connectivity index (χ1v) is 49.4. The zero-order chi connectivity index (χ0) is 80.0. The van der Waals surface area contributed by atoms with E-state index in [-0.39, 0.29) is 25.7 Å². The number of rotatable bonds is 88. The van der Waals surface area contributed by atoms with E-state index in [0.29, 0.717) is 25.7 Å². The highest BCUT2D eigenvalue weighted by molar-refractivity contribution is 7.47. The third-order valence-electron chi connectivity index (χ3n) is 21.9. The molecule has 0 aromatic rings. The van der Waals surface area contributed by atoms with E-state index < -0.39 is 97.5 Å². The second-order valence-electron chi connectivity index (χ2n) is 33.3. The summed E-state index contributed by atoms with van der Waals surface area (Å²) in [6.45, 7) is 12.2. The van der Waals surface area contributed by atoms with Gasteiger partial charge in [-0.15, -0.1) is 0 Å². The summed E-state index contributed by atoms with van der Waals surface area (Å²) in [4.78, 5) is 73.4. The van der Waals surface area contributed by atoms with E-state index >= 15 is 0 Å². The minimum Gasteiger partial charge on any atom is -0.462 e. The van der Waals surface area contributed by atoms with Crippen LogP contribution in [0.4, 0.5) is 0 Å². The Morgan fingerprint density at radius 2 is 0.468 bits per heavy atom. The minimum absolute atomic E-state index is 0.108. The van der Waals surface area contributed by atoms with E-state index in [1.807, 2.05) is 0 Å². The number of aliphatic hydroxyl groups excluding tert-OH is 1. The lowest BCUT2D eigenvalue weighted by molar-refractivity contribution is -0.161. The fraction of sp³-hybridized carbons (Fsp3) is 0.956. The Labute approximate surface area is 670 Å². The number of esters is 4. The standard InChI is InChI=1S/C90H176O17P2/c1-8-11-12-13-14-15-33-43-50-57-64-71-87(92)100-77-85(106-90(95)74-67-60-53-46-39-32-26-25-29-36-42-49-56-63-70-83(7)10-3)79-104-108(96,97)102-75-84(91)76-103-109(98,99)105-80-86(78-101-88(93)72-65-58-51-44-37-30-24-20-21-27-34-40-47-54-61-68-81(4)5)107-89(94)73-66-59-52-45-38-31-23-19-17-16-18-22-28-35-41-48-55-62-69-82(6)9-2/h81-86,91H,8-80H2,1-7H3,(H,96,97)(H,98,99)/t82?,83?,84-,85+,86+/m0/s1. The average molecular weight is 1590 g/mol. The Bertz CT molecular complexity index is 2100. The first-order valence-electron chi connectivity index (χ1n) is 46.4. The van der Waals surface area contributed by atoms with E-state index in [9.17, 15) is 43.2 Å². The maximum Gasteiger partial charge on any atom is 0.472 e. The summed E-state index contributed by atoms with van der Waals surface area (Å²) in [5.41, 5.74) is 0. The van der Waals surface area contributed by atoms with Crippen LogP contribution in [0.3, 0.4) is 0 Å². The first kappa shape index (κ1) is 107. The maximum atomic E-state index is 13.2. The number of phosphoric ester groups is 2. The van der Waals surface area contributed by atoms with Crippen molar-refractivity contribution in [2.75, 3.05) is 39.6 Å². The molecule has 0 aliphatic heterocycles. The number of phosphoric acid groups is 2. The molecular weight excluding hydrogens is 1410 g/mol. The molecule has 19 heteroatoms. The van der Waals surface area contributed by atoms with Gasteiger partial charge in [-0.1, -0.05) is 427 Å². The molecule has 0 aliphatic rings. The molecule has 0 aromatic carbocycles. The van der Waals surface area contributed by atoms with Crippen molar-refractivity contribution in [1.29, 1.82) is 0 Å². The van der Waals surface area contributed by atoms with Crippen molar-refractivity contribution in [3.63, 3.8) is 0 Å². The first-order chi connectivity index (χ1) is 52.8. The topological polar surface area (TPSA) is 237 Å². The third kappa shape index (κ3) is 81.0.